The van der Waals surface area contributed by atoms with Gasteiger partial charge in [-0.05, 0) is 38.1 Å². The molecule has 0 unspecified atom stereocenters. The van der Waals surface area contributed by atoms with Crippen molar-refractivity contribution in [2.45, 2.75) is 23.6 Å². The third-order valence-corrected chi connectivity index (χ3v) is 8.79. The summed E-state index contributed by atoms with van der Waals surface area (Å²) in [5.74, 6) is -0.623. The van der Waals surface area contributed by atoms with Gasteiger partial charge in [0.05, 0.1) is 16.3 Å². The number of carbonyl (C=O) groups excluding carboxylic acids is 1. The molecule has 0 atom stereocenters. The van der Waals surface area contributed by atoms with E-state index in [0.717, 1.165) is 11.1 Å². The van der Waals surface area contributed by atoms with Crippen LogP contribution in [0.25, 0.3) is 0 Å². The Morgan fingerprint density at radius 2 is 1.07 bits per heavy atom. The lowest BCUT2D eigenvalue weighted by atomic mass is 10.1. The minimum atomic E-state index is -4.51. The molecular weight excluding hydrogens is 422 g/mol. The van der Waals surface area contributed by atoms with Crippen LogP contribution in [0.5, 0.6) is 0 Å². The molecule has 8 heteroatoms. The molecule has 0 saturated carbocycles. The van der Waals surface area contributed by atoms with E-state index >= 15 is 0 Å². The van der Waals surface area contributed by atoms with E-state index in [4.69, 9.17) is 0 Å². The van der Waals surface area contributed by atoms with Crippen LogP contribution in [0.4, 0.5) is 0 Å². The second kappa shape index (κ2) is 8.51. The van der Waals surface area contributed by atoms with Gasteiger partial charge in [-0.25, -0.2) is 16.8 Å². The van der Waals surface area contributed by atoms with E-state index in [1.165, 1.54) is 36.4 Å². The van der Waals surface area contributed by atoms with E-state index in [0.29, 0.717) is 0 Å². The van der Waals surface area contributed by atoms with Crippen LogP contribution in [0.1, 0.15) is 21.5 Å². The van der Waals surface area contributed by atoms with Crippen LogP contribution in [0.15, 0.2) is 88.7 Å². The number of aryl methyl sites for hydroxylation is 2. The van der Waals surface area contributed by atoms with Gasteiger partial charge in [-0.1, -0.05) is 69.4 Å². The number of ketones is 1. The maximum Gasteiger partial charge on any atom is 0.256 e. The van der Waals surface area contributed by atoms with E-state index in [1.807, 2.05) is 0 Å². The summed E-state index contributed by atoms with van der Waals surface area (Å²) in [6, 6.07) is 19.6. The van der Waals surface area contributed by atoms with E-state index in [2.05, 4.69) is 0 Å². The van der Waals surface area contributed by atoms with Gasteiger partial charge in [-0.2, -0.15) is 0 Å². The normalized spacial score (nSPS) is 12.1. The highest BCUT2D eigenvalue weighted by atomic mass is 32.3. The molecule has 156 valence electrons. The van der Waals surface area contributed by atoms with Gasteiger partial charge in [0.25, 0.3) is 20.0 Å². The van der Waals surface area contributed by atoms with Crippen molar-refractivity contribution < 1.29 is 21.6 Å². The molecule has 0 heterocycles. The number of benzene rings is 3. The molecule has 0 aliphatic heterocycles. The van der Waals surface area contributed by atoms with Crippen molar-refractivity contribution in [1.29, 1.82) is 0 Å². The first-order valence-corrected chi connectivity index (χ1v) is 12.0. The Kier molecular flexibility index (Phi) is 6.21. The Morgan fingerprint density at radius 1 is 0.667 bits per heavy atom. The van der Waals surface area contributed by atoms with Crippen LogP contribution >= 0.6 is 0 Å². The summed E-state index contributed by atoms with van der Waals surface area (Å²) < 4.78 is 53.5. The van der Waals surface area contributed by atoms with Crippen LogP contribution in [0.3, 0.4) is 0 Å². The second-order valence-electron chi connectivity index (χ2n) is 6.86. The summed E-state index contributed by atoms with van der Waals surface area (Å²) in [6.45, 7) is 2.74. The summed E-state index contributed by atoms with van der Waals surface area (Å²) in [4.78, 5) is 12.3. The summed E-state index contributed by atoms with van der Waals surface area (Å²) >= 11 is 0. The fourth-order valence-electron chi connectivity index (χ4n) is 2.79. The predicted molar refractivity (Wildman–Crippen MR) is 114 cm³/mol. The summed E-state index contributed by atoms with van der Waals surface area (Å²) in [6.07, 6.45) is 0. The lowest BCUT2D eigenvalue weighted by Gasteiger charge is -2.22. The zero-order valence-electron chi connectivity index (χ0n) is 16.5. The molecule has 6 nitrogen and oxygen atoms in total. The first-order chi connectivity index (χ1) is 14.1. The molecule has 0 fully saturated rings. The summed E-state index contributed by atoms with van der Waals surface area (Å²) in [5, 5.41) is 0. The Labute approximate surface area is 176 Å². The monoisotopic (exact) mass is 443 g/mol. The molecule has 0 saturated heterocycles. The highest BCUT2D eigenvalue weighted by Gasteiger charge is 2.38. The van der Waals surface area contributed by atoms with Crippen molar-refractivity contribution in [3.63, 3.8) is 0 Å². The molecule has 0 N–H and O–H groups in total. The van der Waals surface area contributed by atoms with Crippen molar-refractivity contribution in [2.24, 2.45) is 0 Å². The zero-order valence-corrected chi connectivity index (χ0v) is 18.2. The van der Waals surface area contributed by atoms with Crippen LogP contribution in [-0.2, 0) is 20.0 Å². The molecule has 0 amide bonds. The van der Waals surface area contributed by atoms with Crippen molar-refractivity contribution in [3.05, 3.63) is 95.6 Å². The minimum absolute atomic E-state index is 0.204. The molecular formula is C22H21NO5S2. The number of hydrogen-bond acceptors (Lipinski definition) is 5. The van der Waals surface area contributed by atoms with E-state index < -0.39 is 32.4 Å². The van der Waals surface area contributed by atoms with Crippen LogP contribution < -0.4 is 0 Å². The first kappa shape index (κ1) is 21.9. The third-order valence-electron chi connectivity index (χ3n) is 4.54. The van der Waals surface area contributed by atoms with Crippen molar-refractivity contribution in [3.8, 4) is 0 Å². The molecule has 3 aromatic carbocycles. The van der Waals surface area contributed by atoms with Gasteiger partial charge in [0, 0.05) is 5.56 Å². The molecule has 0 aromatic heterocycles. The van der Waals surface area contributed by atoms with Crippen molar-refractivity contribution in [1.82, 2.24) is 3.71 Å². The summed E-state index contributed by atoms with van der Waals surface area (Å²) in [5.41, 5.74) is 1.87. The van der Waals surface area contributed by atoms with Gasteiger partial charge in [0.2, 0.25) is 0 Å². The largest absolute Gasteiger partial charge is 0.293 e. The van der Waals surface area contributed by atoms with E-state index in [9.17, 15) is 21.6 Å². The van der Waals surface area contributed by atoms with Gasteiger partial charge in [0.1, 0.15) is 0 Å². The molecule has 0 radical (unpaired) electrons. The highest BCUT2D eigenvalue weighted by Crippen LogP contribution is 2.25. The second-order valence-corrected chi connectivity index (χ2v) is 10.8. The Bertz CT molecular complexity index is 1170. The quantitative estimate of drug-likeness (QED) is 0.521. The van der Waals surface area contributed by atoms with Gasteiger partial charge < -0.3 is 0 Å². The third kappa shape index (κ3) is 4.51. The van der Waals surface area contributed by atoms with Crippen molar-refractivity contribution in [2.75, 3.05) is 6.54 Å². The lowest BCUT2D eigenvalue weighted by molar-refractivity contribution is 0.0982. The van der Waals surface area contributed by atoms with Crippen LogP contribution in [0, 0.1) is 13.8 Å². The number of nitrogens with zero attached hydrogens (tertiary/aromatic N) is 1. The SMILES string of the molecule is Cc1ccc(S(=O)(=O)N(CC(=O)c2ccccc2)S(=O)(=O)c2ccc(C)cc2)cc1. The Balaban J connectivity index is 2.12. The standard InChI is InChI=1S/C22H21NO5S2/c1-17-8-12-20(13-9-17)29(25,26)23(16-22(24)19-6-4-3-5-7-19)30(27,28)21-14-10-18(2)11-15-21/h3-15H,16H2,1-2H3. The molecule has 3 aromatic rings. The molecule has 0 aliphatic rings. The Hall–Kier alpha value is -2.81. The smallest absolute Gasteiger partial charge is 0.256 e. The lowest BCUT2D eigenvalue weighted by Crippen LogP contribution is -2.40. The van der Waals surface area contributed by atoms with Gasteiger partial charge in [-0.3, -0.25) is 4.79 Å². The molecule has 0 bridgehead atoms. The number of hydrogen-bond donors (Lipinski definition) is 0. The first-order valence-electron chi connectivity index (χ1n) is 9.12. The van der Waals surface area contributed by atoms with E-state index in [-0.39, 0.29) is 19.1 Å². The predicted octanol–water partition coefficient (Wildman–Crippen LogP) is 3.57. The van der Waals surface area contributed by atoms with Crippen LogP contribution in [0.2, 0.25) is 0 Å². The topological polar surface area (TPSA) is 88.6 Å². The number of carbonyl (C=O) groups is 1. The fraction of sp³-hybridized carbons (Fsp3) is 0.136. The van der Waals surface area contributed by atoms with Crippen molar-refractivity contribution >= 4 is 25.8 Å². The maximum absolute atomic E-state index is 13.3. The molecule has 0 spiro atoms. The van der Waals surface area contributed by atoms with Gasteiger partial charge in [0.15, 0.2) is 5.78 Å². The Morgan fingerprint density at radius 3 is 1.47 bits per heavy atom. The number of sulfonamides is 2. The average Bonchev–Trinajstić information content (AvgIpc) is 2.73. The van der Waals surface area contributed by atoms with Gasteiger partial charge >= 0.3 is 0 Å². The minimum Gasteiger partial charge on any atom is -0.293 e. The number of rotatable bonds is 7. The number of Topliss-reactive ketones (excluding diaryl/α,β-unsaturated/α-hetero) is 1. The zero-order chi connectivity index (χ0) is 21.9. The maximum atomic E-state index is 13.3. The summed E-state index contributed by atoms with van der Waals surface area (Å²) in [7, 11) is -9.02. The van der Waals surface area contributed by atoms with Gasteiger partial charge in [-0.15, -0.1) is 0 Å². The fourth-order valence-corrected chi connectivity index (χ4v) is 6.34. The highest BCUT2D eigenvalue weighted by molar-refractivity contribution is 8.04. The average molecular weight is 444 g/mol. The van der Waals surface area contributed by atoms with Crippen LogP contribution in [-0.4, -0.2) is 32.9 Å². The van der Waals surface area contributed by atoms with E-state index in [1.54, 1.807) is 56.3 Å². The molecule has 30 heavy (non-hydrogen) atoms. The molecule has 3 rings (SSSR count). The molecule has 0 aliphatic carbocycles.